The Labute approximate surface area is 303 Å². The highest BCUT2D eigenvalue weighted by Gasteiger charge is 2.59. The number of rotatable bonds is 21. The largest absolute Gasteiger partial charge is 0.462 e. The van der Waals surface area contributed by atoms with Crippen molar-refractivity contribution in [1.29, 1.82) is 0 Å². The second-order valence-electron chi connectivity index (χ2n) is 17.3. The number of carbonyl (C=O) groups is 1. The molecule has 0 aromatic heterocycles. The molecule has 0 saturated heterocycles. The van der Waals surface area contributed by atoms with Gasteiger partial charge >= 0.3 is 5.97 Å². The molecule has 0 radical (unpaired) electrons. The second-order valence-corrected chi connectivity index (χ2v) is 17.3. The van der Waals surface area contributed by atoms with Crippen molar-refractivity contribution in [2.75, 3.05) is 0 Å². The number of carbonyl (C=O) groups excluding carboxylic acids is 1. The lowest BCUT2D eigenvalue weighted by molar-refractivity contribution is -0.151. The average molecular weight is 658 g/mol. The zero-order chi connectivity index (χ0) is 39.8. The molecule has 270 valence electrons. The minimum atomic E-state index is -2.97. The van der Waals surface area contributed by atoms with Crippen LogP contribution in [-0.4, -0.2) is 12.1 Å². The number of allylic oxidation sites excluding steroid dienone is 3. The third-order valence-electron chi connectivity index (χ3n) is 13.7. The first kappa shape index (κ1) is 29.7. The Hall–Kier alpha value is -1.05. The summed E-state index contributed by atoms with van der Waals surface area (Å²) in [7, 11) is 0. The molecular formula is C45H78O2. The van der Waals surface area contributed by atoms with Gasteiger partial charge in [-0.05, 0) is 123 Å². The molecule has 3 saturated carbocycles. The SMILES string of the molecule is [2H]C([2H])([2H])C([2H])([2H])C([2H])([2H])CCCCC/C=C/CCCCCCCC(=O)O[C@H]1CC[C@@]2(C)C(=CC[C@H]3[C@@H]4CC[C@H]([C@H](C)CCCC(C)C)[C@@]4(C)CC[C@@H]32)C1. The van der Waals surface area contributed by atoms with E-state index in [9.17, 15) is 4.79 Å². The average Bonchev–Trinajstić information content (AvgIpc) is 3.45. The molecule has 0 spiro atoms. The molecule has 0 aliphatic heterocycles. The van der Waals surface area contributed by atoms with Gasteiger partial charge in [0.15, 0.2) is 0 Å². The summed E-state index contributed by atoms with van der Waals surface area (Å²) in [6.07, 6.45) is 25.8. The summed E-state index contributed by atoms with van der Waals surface area (Å²) in [6.45, 7) is 9.57. The third kappa shape index (κ3) is 10.7. The van der Waals surface area contributed by atoms with E-state index in [-0.39, 0.29) is 23.9 Å². The van der Waals surface area contributed by atoms with Crippen LogP contribution in [0.3, 0.4) is 0 Å². The third-order valence-corrected chi connectivity index (χ3v) is 13.7. The van der Waals surface area contributed by atoms with Gasteiger partial charge in [-0.15, -0.1) is 0 Å². The molecule has 0 amide bonds. The molecule has 2 heteroatoms. The maximum atomic E-state index is 12.8. The van der Waals surface area contributed by atoms with Gasteiger partial charge in [0, 0.05) is 22.4 Å². The molecular weight excluding hydrogens is 572 g/mol. The van der Waals surface area contributed by atoms with Crippen LogP contribution in [0.4, 0.5) is 0 Å². The van der Waals surface area contributed by atoms with E-state index < -0.39 is 19.6 Å². The van der Waals surface area contributed by atoms with E-state index in [1.54, 1.807) is 5.57 Å². The molecule has 0 aromatic carbocycles. The lowest BCUT2D eigenvalue weighted by atomic mass is 9.47. The van der Waals surface area contributed by atoms with Gasteiger partial charge in [-0.2, -0.15) is 0 Å². The zero-order valence-electron chi connectivity index (χ0n) is 38.4. The number of hydrogen-bond donors (Lipinski definition) is 0. The van der Waals surface area contributed by atoms with Crippen molar-refractivity contribution in [3.8, 4) is 0 Å². The van der Waals surface area contributed by atoms with Gasteiger partial charge < -0.3 is 4.74 Å². The van der Waals surface area contributed by atoms with Crippen molar-refractivity contribution in [2.24, 2.45) is 46.3 Å². The monoisotopic (exact) mass is 658 g/mol. The lowest BCUT2D eigenvalue weighted by Gasteiger charge is -2.58. The number of fused-ring (bicyclic) bond motifs is 5. The van der Waals surface area contributed by atoms with E-state index >= 15 is 0 Å². The van der Waals surface area contributed by atoms with Crippen LogP contribution >= 0.6 is 0 Å². The second kappa shape index (κ2) is 19.4. The molecule has 0 bridgehead atoms. The topological polar surface area (TPSA) is 26.3 Å². The van der Waals surface area contributed by atoms with Crippen molar-refractivity contribution < 1.29 is 19.1 Å². The van der Waals surface area contributed by atoms with Crippen LogP contribution in [0.5, 0.6) is 0 Å². The Kier molecular flexibility index (Phi) is 12.2. The predicted octanol–water partition coefficient (Wildman–Crippen LogP) is 14.0. The highest BCUT2D eigenvalue weighted by atomic mass is 16.5. The minimum absolute atomic E-state index is 0.0131. The summed E-state index contributed by atoms with van der Waals surface area (Å²) >= 11 is 0. The molecule has 4 aliphatic carbocycles. The fourth-order valence-corrected chi connectivity index (χ4v) is 11.0. The number of hydrogen-bond acceptors (Lipinski definition) is 2. The molecule has 0 heterocycles. The van der Waals surface area contributed by atoms with Crippen LogP contribution in [0.2, 0.25) is 0 Å². The summed E-state index contributed by atoms with van der Waals surface area (Å²) in [5.74, 6) is 5.05. The standard InChI is InChI=1S/C45H78O2/c1-7-8-9-10-11-12-13-14-15-16-17-18-19-20-21-25-43(46)47-38-30-32-44(5)37(34-38)26-27-39-41-29-28-40(36(4)24-22-23-35(2)3)45(41,6)33-31-42(39)44/h14-15,26,35-36,38-42H,7-13,16-25,27-34H2,1-6H3/b15-14+/t36-,38+,39+,40-,41+,42+,44+,45-/m1/s1/i1D3,7D2,8D2. The van der Waals surface area contributed by atoms with Crippen molar-refractivity contribution in [3.05, 3.63) is 23.8 Å². The Morgan fingerprint density at radius 1 is 0.894 bits per heavy atom. The Morgan fingerprint density at radius 3 is 2.36 bits per heavy atom. The van der Waals surface area contributed by atoms with Gasteiger partial charge in [0.25, 0.3) is 0 Å². The molecule has 47 heavy (non-hydrogen) atoms. The number of ether oxygens (including phenoxy) is 1. The van der Waals surface area contributed by atoms with E-state index in [0.717, 1.165) is 113 Å². The lowest BCUT2D eigenvalue weighted by Crippen LogP contribution is -2.51. The molecule has 3 fully saturated rings. The van der Waals surface area contributed by atoms with E-state index in [1.165, 1.54) is 51.4 Å². The number of esters is 1. The highest BCUT2D eigenvalue weighted by Crippen LogP contribution is 2.67. The van der Waals surface area contributed by atoms with E-state index in [0.29, 0.717) is 18.3 Å². The minimum Gasteiger partial charge on any atom is -0.462 e. The molecule has 2 nitrogen and oxygen atoms in total. The van der Waals surface area contributed by atoms with E-state index in [2.05, 4.69) is 52.8 Å². The smallest absolute Gasteiger partial charge is 0.306 e. The van der Waals surface area contributed by atoms with Crippen molar-refractivity contribution in [3.63, 3.8) is 0 Å². The van der Waals surface area contributed by atoms with Crippen LogP contribution in [0.15, 0.2) is 23.8 Å². The summed E-state index contributed by atoms with van der Waals surface area (Å²) in [4.78, 5) is 12.8. The normalized spacial score (nSPS) is 35.7. The van der Waals surface area contributed by atoms with Crippen LogP contribution in [0.25, 0.3) is 0 Å². The number of unbranched alkanes of at least 4 members (excludes halogenated alkanes) is 8. The fraction of sp³-hybridized carbons (Fsp3) is 0.889. The first-order valence-electron chi connectivity index (χ1n) is 23.9. The zero-order valence-corrected chi connectivity index (χ0v) is 31.4. The van der Waals surface area contributed by atoms with Gasteiger partial charge in [0.1, 0.15) is 6.10 Å². The van der Waals surface area contributed by atoms with Crippen LogP contribution in [-0.2, 0) is 9.53 Å². The van der Waals surface area contributed by atoms with Crippen LogP contribution in [0.1, 0.15) is 211 Å². The Bertz CT molecular complexity index is 1240. The predicted molar refractivity (Wildman–Crippen MR) is 202 cm³/mol. The summed E-state index contributed by atoms with van der Waals surface area (Å²) in [5.41, 5.74) is 2.40. The van der Waals surface area contributed by atoms with E-state index in [1.807, 2.05) is 0 Å². The van der Waals surface area contributed by atoms with Gasteiger partial charge in [0.2, 0.25) is 0 Å². The van der Waals surface area contributed by atoms with Gasteiger partial charge in [-0.3, -0.25) is 4.79 Å². The first-order chi connectivity index (χ1) is 25.3. The molecule has 4 aliphatic rings. The Balaban J connectivity index is 1.07. The van der Waals surface area contributed by atoms with Crippen LogP contribution in [0, 0.1) is 46.3 Å². The van der Waals surface area contributed by atoms with Crippen molar-refractivity contribution in [2.45, 2.75) is 208 Å². The van der Waals surface area contributed by atoms with Gasteiger partial charge in [0.05, 0.1) is 0 Å². The van der Waals surface area contributed by atoms with Gasteiger partial charge in [-0.1, -0.05) is 136 Å². The Morgan fingerprint density at radius 2 is 1.62 bits per heavy atom. The first-order valence-corrected chi connectivity index (χ1v) is 20.4. The molecule has 0 aromatic rings. The molecule has 0 N–H and O–H groups in total. The van der Waals surface area contributed by atoms with Crippen LogP contribution < -0.4 is 0 Å². The van der Waals surface area contributed by atoms with Gasteiger partial charge in [-0.25, -0.2) is 0 Å². The summed E-state index contributed by atoms with van der Waals surface area (Å²) < 4.78 is 59.2. The maximum absolute atomic E-state index is 12.8. The molecule has 8 atom stereocenters. The fourth-order valence-electron chi connectivity index (χ4n) is 11.0. The maximum Gasteiger partial charge on any atom is 0.306 e. The molecule has 0 unspecified atom stereocenters. The quantitative estimate of drug-likeness (QED) is 0.0697. The van der Waals surface area contributed by atoms with Crippen molar-refractivity contribution in [1.82, 2.24) is 0 Å². The van der Waals surface area contributed by atoms with E-state index in [4.69, 9.17) is 14.3 Å². The summed E-state index contributed by atoms with van der Waals surface area (Å²) in [5, 5.41) is 0. The summed E-state index contributed by atoms with van der Waals surface area (Å²) in [6, 6.07) is 0. The van der Waals surface area contributed by atoms with Crippen molar-refractivity contribution >= 4 is 5.97 Å². The molecule has 4 rings (SSSR count). The highest BCUT2D eigenvalue weighted by molar-refractivity contribution is 5.69.